The molecule has 202 valence electrons. The van der Waals surface area contributed by atoms with E-state index in [-0.39, 0.29) is 6.42 Å². The molecule has 10 heteroatoms. The summed E-state index contributed by atoms with van der Waals surface area (Å²) in [5, 5.41) is 34.8. The Kier molecular flexibility index (Phi) is 4.89. The number of aliphatic hydroxyl groups is 3. The fraction of sp³-hybridized carbons (Fsp3) is 0.741. The Balaban J connectivity index is 1.53. The molecule has 5 fully saturated rings. The lowest BCUT2D eigenvalue weighted by Crippen LogP contribution is -2.80. The highest BCUT2D eigenvalue weighted by molar-refractivity contribution is 5.98. The van der Waals surface area contributed by atoms with Crippen LogP contribution in [0.25, 0.3) is 0 Å². The smallest absolute Gasteiger partial charge is 0.335 e. The second kappa shape index (κ2) is 7.22. The maximum atomic E-state index is 14.2. The maximum absolute atomic E-state index is 14.2. The van der Waals surface area contributed by atoms with Gasteiger partial charge in [-0.05, 0) is 18.9 Å². The van der Waals surface area contributed by atoms with E-state index in [1.807, 2.05) is 6.92 Å². The largest absolute Gasteiger partial charge is 0.472 e. The number of ketones is 1. The minimum absolute atomic E-state index is 0.0158. The van der Waals surface area contributed by atoms with Crippen molar-refractivity contribution in [3.05, 3.63) is 24.2 Å². The van der Waals surface area contributed by atoms with Crippen molar-refractivity contribution in [3.8, 4) is 0 Å². The molecule has 2 saturated heterocycles. The van der Waals surface area contributed by atoms with Gasteiger partial charge in [0.25, 0.3) is 0 Å². The van der Waals surface area contributed by atoms with Crippen molar-refractivity contribution in [1.29, 1.82) is 0 Å². The van der Waals surface area contributed by atoms with Crippen LogP contribution in [0.1, 0.15) is 58.6 Å². The normalized spacial score (nSPS) is 50.2. The molecular weight excluding hydrogens is 484 g/mol. The van der Waals surface area contributed by atoms with Crippen LogP contribution in [0.4, 0.5) is 0 Å². The van der Waals surface area contributed by atoms with Crippen LogP contribution in [0.2, 0.25) is 0 Å². The summed E-state index contributed by atoms with van der Waals surface area (Å²) in [5.74, 6) is -4.04. The van der Waals surface area contributed by atoms with Crippen LogP contribution in [0.5, 0.6) is 0 Å². The minimum atomic E-state index is -2.27. The second-order valence-corrected chi connectivity index (χ2v) is 12.7. The van der Waals surface area contributed by atoms with E-state index >= 15 is 0 Å². The van der Waals surface area contributed by atoms with Crippen LogP contribution in [0.15, 0.2) is 23.0 Å². The van der Waals surface area contributed by atoms with Crippen molar-refractivity contribution in [3.63, 3.8) is 0 Å². The molecule has 1 spiro atoms. The molecule has 1 aromatic heterocycles. The lowest BCUT2D eigenvalue weighted by atomic mass is 9.36. The molecule has 0 aromatic carbocycles. The fourth-order valence-electron chi connectivity index (χ4n) is 9.41. The first kappa shape index (κ1) is 25.0. The number of ether oxygens (including phenoxy) is 3. The number of aliphatic hydroxyl groups excluding tert-OH is 2. The number of carbonyl (C=O) groups excluding carboxylic acids is 3. The Morgan fingerprint density at radius 2 is 1.89 bits per heavy atom. The molecule has 10 nitrogen and oxygen atoms in total. The first-order valence-electron chi connectivity index (χ1n) is 12.8. The van der Waals surface area contributed by atoms with E-state index in [0.29, 0.717) is 18.4 Å². The van der Waals surface area contributed by atoms with Gasteiger partial charge in [0.1, 0.15) is 17.8 Å². The number of furan rings is 1. The van der Waals surface area contributed by atoms with Crippen molar-refractivity contribution in [2.45, 2.75) is 82.6 Å². The number of epoxide rings is 1. The summed E-state index contributed by atoms with van der Waals surface area (Å²) in [6, 6.07) is 1.75. The lowest BCUT2D eigenvalue weighted by molar-refractivity contribution is -0.256. The summed E-state index contributed by atoms with van der Waals surface area (Å²) in [5.41, 5.74) is -6.00. The van der Waals surface area contributed by atoms with Crippen molar-refractivity contribution in [1.82, 2.24) is 0 Å². The fourth-order valence-corrected chi connectivity index (χ4v) is 9.41. The van der Waals surface area contributed by atoms with Crippen LogP contribution < -0.4 is 0 Å². The summed E-state index contributed by atoms with van der Waals surface area (Å²) in [6.07, 6.45) is -0.898. The van der Waals surface area contributed by atoms with Crippen molar-refractivity contribution >= 4 is 17.7 Å². The van der Waals surface area contributed by atoms with E-state index in [1.54, 1.807) is 33.1 Å². The molecule has 3 saturated carbocycles. The van der Waals surface area contributed by atoms with Gasteiger partial charge in [-0.25, -0.2) is 4.79 Å². The van der Waals surface area contributed by atoms with Gasteiger partial charge in [0.15, 0.2) is 17.5 Å². The van der Waals surface area contributed by atoms with E-state index in [1.165, 1.54) is 6.26 Å². The molecule has 2 bridgehead atoms. The number of rotatable bonds is 3. The molecule has 6 rings (SSSR count). The Morgan fingerprint density at radius 3 is 2.51 bits per heavy atom. The first-order valence-corrected chi connectivity index (χ1v) is 12.8. The highest BCUT2D eigenvalue weighted by Gasteiger charge is 2.90. The number of hydrogen-bond donors (Lipinski definition) is 3. The first-order chi connectivity index (χ1) is 17.2. The molecule has 3 N–H and O–H groups in total. The van der Waals surface area contributed by atoms with Crippen LogP contribution in [0.3, 0.4) is 0 Å². The van der Waals surface area contributed by atoms with Crippen LogP contribution in [-0.2, 0) is 28.6 Å². The van der Waals surface area contributed by atoms with Crippen molar-refractivity contribution in [2.24, 2.45) is 34.0 Å². The van der Waals surface area contributed by atoms with Crippen molar-refractivity contribution in [2.75, 3.05) is 7.11 Å². The van der Waals surface area contributed by atoms with Gasteiger partial charge in [-0.15, -0.1) is 0 Å². The standard InChI is InChI=1S/C27H34O10/c1-23(2)17(16(29)19(30)34-5)25(4)13-6-8-24(3)14(10-15(28)36-18(24)12-7-9-35-11-12)27(13)22(37-27)26(33,20(23)31)21(25)32/h7,9,11,13-14,16-18,20,22,29,31,33H,6,8,10H2,1-5H3/t13-,14-,16-,17+,18+,20?,22-,24-,25-,26-,27-/m1/s1. The van der Waals surface area contributed by atoms with Gasteiger partial charge < -0.3 is 33.9 Å². The highest BCUT2D eigenvalue weighted by Crippen LogP contribution is 2.78. The zero-order valence-corrected chi connectivity index (χ0v) is 21.6. The maximum Gasteiger partial charge on any atom is 0.335 e. The van der Waals surface area contributed by atoms with E-state index in [2.05, 4.69) is 0 Å². The van der Waals surface area contributed by atoms with Gasteiger partial charge in [-0.2, -0.15) is 0 Å². The number of carbonyl (C=O) groups is 3. The van der Waals surface area contributed by atoms with Crippen LogP contribution in [-0.4, -0.2) is 69.7 Å². The molecule has 2 aliphatic heterocycles. The Hall–Kier alpha value is -2.27. The number of cyclic esters (lactones) is 1. The molecular formula is C27H34O10. The van der Waals surface area contributed by atoms with Gasteiger partial charge in [0, 0.05) is 39.6 Å². The highest BCUT2D eigenvalue weighted by atomic mass is 16.6. The van der Waals surface area contributed by atoms with Gasteiger partial charge in [0.05, 0.1) is 32.2 Å². The van der Waals surface area contributed by atoms with Gasteiger partial charge in [0.2, 0.25) is 0 Å². The quantitative estimate of drug-likeness (QED) is 0.394. The predicted molar refractivity (Wildman–Crippen MR) is 123 cm³/mol. The summed E-state index contributed by atoms with van der Waals surface area (Å²) in [7, 11) is 1.15. The average molecular weight is 519 g/mol. The SMILES string of the molecule is COC(=O)[C@H](O)[C@H]1C(C)(C)C(O)[C@@]2(O)C(=O)[C@]1(C)[C@H]1CC[C@]3(C)[C@@H](CC(=O)O[C@H]3c3ccoc3)[C@]13O[C@@H]32. The number of methoxy groups -OCH3 is 1. The molecule has 3 aliphatic carbocycles. The Labute approximate surface area is 214 Å². The van der Waals surface area contributed by atoms with E-state index in [9.17, 15) is 29.7 Å². The molecule has 1 unspecified atom stereocenters. The second-order valence-electron chi connectivity index (χ2n) is 12.7. The Morgan fingerprint density at radius 1 is 1.19 bits per heavy atom. The molecule has 1 aromatic rings. The molecule has 0 amide bonds. The average Bonchev–Trinajstić information content (AvgIpc) is 3.34. The number of fused-ring (bicyclic) bond motifs is 5. The third kappa shape index (κ3) is 2.63. The van der Waals surface area contributed by atoms with Crippen LogP contribution in [0, 0.1) is 34.0 Å². The summed E-state index contributed by atoms with van der Waals surface area (Å²) < 4.78 is 22.3. The lowest BCUT2D eigenvalue weighted by Gasteiger charge is -2.66. The number of Topliss-reactive ketones (excluding diaryl/α,β-unsaturated/α-hetero) is 1. The summed E-state index contributed by atoms with van der Waals surface area (Å²) >= 11 is 0. The molecule has 37 heavy (non-hydrogen) atoms. The molecule has 11 atom stereocenters. The molecule has 5 aliphatic rings. The number of hydrogen-bond acceptors (Lipinski definition) is 10. The van der Waals surface area contributed by atoms with Crippen molar-refractivity contribution < 1.29 is 48.3 Å². The van der Waals surface area contributed by atoms with E-state index in [4.69, 9.17) is 18.6 Å². The number of esters is 2. The van der Waals surface area contributed by atoms with Gasteiger partial charge >= 0.3 is 11.9 Å². The predicted octanol–water partition coefficient (Wildman–Crippen LogP) is 1.31. The van der Waals surface area contributed by atoms with Crippen LogP contribution >= 0.6 is 0 Å². The third-order valence-electron chi connectivity index (χ3n) is 10.9. The third-order valence-corrected chi connectivity index (χ3v) is 10.9. The van der Waals surface area contributed by atoms with E-state index < -0.39 is 87.3 Å². The topological polar surface area (TPSA) is 156 Å². The van der Waals surface area contributed by atoms with E-state index in [0.717, 1.165) is 7.11 Å². The monoisotopic (exact) mass is 518 g/mol. The van der Waals surface area contributed by atoms with Gasteiger partial charge in [-0.1, -0.05) is 27.7 Å². The van der Waals surface area contributed by atoms with Gasteiger partial charge in [-0.3, -0.25) is 9.59 Å². The molecule has 3 heterocycles. The Bertz CT molecular complexity index is 1180. The summed E-state index contributed by atoms with van der Waals surface area (Å²) in [6.45, 7) is 6.95. The summed E-state index contributed by atoms with van der Waals surface area (Å²) in [4.78, 5) is 39.7. The minimum Gasteiger partial charge on any atom is -0.472 e. The zero-order chi connectivity index (χ0) is 26.9. The zero-order valence-electron chi connectivity index (χ0n) is 21.6. The molecule has 0 radical (unpaired) electrons.